The van der Waals surface area contributed by atoms with Crippen LogP contribution in [0.1, 0.15) is 24.7 Å². The molecule has 3 aromatic rings. The zero-order valence-corrected chi connectivity index (χ0v) is 11.7. The molecule has 0 aliphatic heterocycles. The molecule has 0 aliphatic carbocycles. The number of anilines is 1. The molecule has 102 valence electrons. The molecule has 20 heavy (non-hydrogen) atoms. The summed E-state index contributed by atoms with van der Waals surface area (Å²) in [6.07, 6.45) is 1.80. The highest BCUT2D eigenvalue weighted by Crippen LogP contribution is 2.29. The molecule has 0 atom stereocenters. The minimum atomic E-state index is 0.482. The van der Waals surface area contributed by atoms with Crippen molar-refractivity contribution in [3.05, 3.63) is 41.7 Å². The molecular weight excluding hydrogens is 250 g/mol. The van der Waals surface area contributed by atoms with Crippen molar-refractivity contribution in [2.75, 3.05) is 5.73 Å². The van der Waals surface area contributed by atoms with Crippen LogP contribution < -0.4 is 5.73 Å². The van der Waals surface area contributed by atoms with Crippen LogP contribution in [0.25, 0.3) is 22.4 Å². The Hall–Kier alpha value is -2.36. The fraction of sp³-hybridized carbons (Fsp3) is 0.250. The van der Waals surface area contributed by atoms with Crippen molar-refractivity contribution < 1.29 is 4.42 Å². The van der Waals surface area contributed by atoms with E-state index in [-0.39, 0.29) is 0 Å². The van der Waals surface area contributed by atoms with Crippen LogP contribution in [0.3, 0.4) is 0 Å². The smallest absolute Gasteiger partial charge is 0.154 e. The third-order valence-electron chi connectivity index (χ3n) is 3.26. The summed E-state index contributed by atoms with van der Waals surface area (Å²) >= 11 is 0. The molecule has 4 nitrogen and oxygen atoms in total. The number of nitrogens with two attached hydrogens (primary N) is 1. The molecule has 2 aromatic heterocycles. The van der Waals surface area contributed by atoms with Gasteiger partial charge in [0, 0.05) is 17.9 Å². The number of furan rings is 1. The van der Waals surface area contributed by atoms with Gasteiger partial charge in [-0.15, -0.1) is 0 Å². The SMILES string of the molecule is CCCc1nc(N)cc(-c2cc3cccc(C)c3o2)n1. The van der Waals surface area contributed by atoms with Crippen molar-refractivity contribution in [1.29, 1.82) is 0 Å². The van der Waals surface area contributed by atoms with E-state index < -0.39 is 0 Å². The van der Waals surface area contributed by atoms with E-state index in [1.54, 1.807) is 6.07 Å². The van der Waals surface area contributed by atoms with Crippen molar-refractivity contribution >= 4 is 16.8 Å². The lowest BCUT2D eigenvalue weighted by Crippen LogP contribution is -2.00. The highest BCUT2D eigenvalue weighted by atomic mass is 16.3. The number of fused-ring (bicyclic) bond motifs is 1. The summed E-state index contributed by atoms with van der Waals surface area (Å²) in [5.74, 6) is 1.98. The summed E-state index contributed by atoms with van der Waals surface area (Å²) in [4.78, 5) is 8.78. The van der Waals surface area contributed by atoms with Crippen LogP contribution in [0, 0.1) is 6.92 Å². The molecule has 0 saturated heterocycles. The second kappa shape index (κ2) is 4.96. The van der Waals surface area contributed by atoms with Crippen LogP contribution in [0.2, 0.25) is 0 Å². The van der Waals surface area contributed by atoms with E-state index in [0.29, 0.717) is 5.82 Å². The van der Waals surface area contributed by atoms with Crippen LogP contribution in [0.15, 0.2) is 34.7 Å². The van der Waals surface area contributed by atoms with E-state index in [1.165, 1.54) is 0 Å². The Bertz CT molecular complexity index is 762. The Labute approximate surface area is 117 Å². The number of nitrogens with zero attached hydrogens (tertiary/aromatic N) is 2. The van der Waals surface area contributed by atoms with Gasteiger partial charge in [-0.25, -0.2) is 9.97 Å². The van der Waals surface area contributed by atoms with Gasteiger partial charge in [0.15, 0.2) is 5.76 Å². The Morgan fingerprint density at radius 1 is 1.20 bits per heavy atom. The Morgan fingerprint density at radius 3 is 2.80 bits per heavy atom. The second-order valence-corrected chi connectivity index (χ2v) is 4.95. The van der Waals surface area contributed by atoms with E-state index >= 15 is 0 Å². The van der Waals surface area contributed by atoms with E-state index in [0.717, 1.165) is 46.7 Å². The van der Waals surface area contributed by atoms with Gasteiger partial charge >= 0.3 is 0 Å². The first-order valence-corrected chi connectivity index (χ1v) is 6.80. The molecule has 0 amide bonds. The van der Waals surface area contributed by atoms with Crippen LogP contribution in [0.5, 0.6) is 0 Å². The molecule has 2 heterocycles. The molecule has 0 aliphatic rings. The first-order valence-electron chi connectivity index (χ1n) is 6.80. The zero-order chi connectivity index (χ0) is 14.1. The van der Waals surface area contributed by atoms with Crippen LogP contribution in [-0.2, 0) is 6.42 Å². The van der Waals surface area contributed by atoms with Gasteiger partial charge in [-0.05, 0) is 25.0 Å². The molecule has 0 fully saturated rings. The third kappa shape index (κ3) is 2.25. The lowest BCUT2D eigenvalue weighted by Gasteiger charge is -2.02. The number of aromatic nitrogens is 2. The van der Waals surface area contributed by atoms with E-state index in [9.17, 15) is 0 Å². The summed E-state index contributed by atoms with van der Waals surface area (Å²) in [5.41, 5.74) is 8.62. The maximum Gasteiger partial charge on any atom is 0.154 e. The summed E-state index contributed by atoms with van der Waals surface area (Å²) in [5, 5.41) is 1.08. The number of nitrogen functional groups attached to an aromatic ring is 1. The summed E-state index contributed by atoms with van der Waals surface area (Å²) in [6.45, 7) is 4.13. The normalized spacial score (nSPS) is 11.1. The third-order valence-corrected chi connectivity index (χ3v) is 3.26. The van der Waals surface area contributed by atoms with Crippen molar-refractivity contribution in [2.24, 2.45) is 0 Å². The molecule has 0 radical (unpaired) electrons. The van der Waals surface area contributed by atoms with Crippen molar-refractivity contribution in [2.45, 2.75) is 26.7 Å². The number of hydrogen-bond donors (Lipinski definition) is 1. The van der Waals surface area contributed by atoms with Crippen molar-refractivity contribution in [1.82, 2.24) is 9.97 Å². The van der Waals surface area contributed by atoms with E-state index in [4.69, 9.17) is 10.2 Å². The van der Waals surface area contributed by atoms with Gasteiger partial charge in [0.05, 0.1) is 0 Å². The van der Waals surface area contributed by atoms with Gasteiger partial charge in [-0.3, -0.25) is 0 Å². The number of hydrogen-bond acceptors (Lipinski definition) is 4. The number of aryl methyl sites for hydroxylation is 2. The number of para-hydroxylation sites is 1. The zero-order valence-electron chi connectivity index (χ0n) is 11.7. The van der Waals surface area contributed by atoms with Crippen LogP contribution >= 0.6 is 0 Å². The molecule has 4 heteroatoms. The highest BCUT2D eigenvalue weighted by Gasteiger charge is 2.11. The Kier molecular flexibility index (Phi) is 3.14. The summed E-state index contributed by atoms with van der Waals surface area (Å²) in [7, 11) is 0. The van der Waals surface area contributed by atoms with E-state index in [2.05, 4.69) is 16.9 Å². The van der Waals surface area contributed by atoms with Gasteiger partial charge in [-0.2, -0.15) is 0 Å². The lowest BCUT2D eigenvalue weighted by molar-refractivity contribution is 0.624. The molecular formula is C16H17N3O. The summed E-state index contributed by atoms with van der Waals surface area (Å²) in [6, 6.07) is 9.85. The Morgan fingerprint density at radius 2 is 2.05 bits per heavy atom. The average molecular weight is 267 g/mol. The monoisotopic (exact) mass is 267 g/mol. The predicted octanol–water partition coefficient (Wildman–Crippen LogP) is 3.73. The molecule has 0 spiro atoms. The quantitative estimate of drug-likeness (QED) is 0.785. The van der Waals surface area contributed by atoms with Gasteiger partial charge < -0.3 is 10.2 Å². The van der Waals surface area contributed by atoms with Crippen molar-refractivity contribution in [3.63, 3.8) is 0 Å². The molecule has 3 rings (SSSR count). The lowest BCUT2D eigenvalue weighted by atomic mass is 10.2. The number of benzene rings is 1. The minimum Gasteiger partial charge on any atom is -0.454 e. The first kappa shape index (κ1) is 12.7. The van der Waals surface area contributed by atoms with Gasteiger partial charge in [0.1, 0.15) is 22.9 Å². The number of rotatable bonds is 3. The molecule has 1 aromatic carbocycles. The topological polar surface area (TPSA) is 64.9 Å². The molecule has 0 bridgehead atoms. The van der Waals surface area contributed by atoms with Gasteiger partial charge in [-0.1, -0.05) is 25.1 Å². The van der Waals surface area contributed by atoms with E-state index in [1.807, 2.05) is 31.2 Å². The maximum absolute atomic E-state index is 5.93. The predicted molar refractivity (Wildman–Crippen MR) is 80.4 cm³/mol. The van der Waals surface area contributed by atoms with Gasteiger partial charge in [0.25, 0.3) is 0 Å². The standard InChI is InChI=1S/C16H17N3O/c1-3-5-15-18-12(9-14(17)19-15)13-8-11-7-4-6-10(2)16(11)20-13/h4,6-9H,3,5H2,1-2H3,(H2,17,18,19). The van der Waals surface area contributed by atoms with Crippen molar-refractivity contribution in [3.8, 4) is 11.5 Å². The van der Waals surface area contributed by atoms with Gasteiger partial charge in [0.2, 0.25) is 0 Å². The second-order valence-electron chi connectivity index (χ2n) is 4.95. The minimum absolute atomic E-state index is 0.482. The molecule has 0 unspecified atom stereocenters. The molecule has 2 N–H and O–H groups in total. The summed E-state index contributed by atoms with van der Waals surface area (Å²) < 4.78 is 5.93. The Balaban J connectivity index is 2.12. The van der Waals surface area contributed by atoms with Crippen LogP contribution in [0.4, 0.5) is 5.82 Å². The fourth-order valence-corrected chi connectivity index (χ4v) is 2.31. The van der Waals surface area contributed by atoms with Crippen LogP contribution in [-0.4, -0.2) is 9.97 Å². The largest absolute Gasteiger partial charge is 0.454 e. The fourth-order valence-electron chi connectivity index (χ4n) is 2.31. The highest BCUT2D eigenvalue weighted by molar-refractivity contribution is 5.84. The molecule has 0 saturated carbocycles. The first-order chi connectivity index (χ1) is 9.67. The average Bonchev–Trinajstić information content (AvgIpc) is 2.84. The maximum atomic E-state index is 5.93.